The number of para-hydroxylation sites is 1. The van der Waals surface area contributed by atoms with Crippen molar-refractivity contribution >= 4 is 0 Å². The molecular formula is C17H17N3. The normalized spacial score (nSPS) is 10.7. The van der Waals surface area contributed by atoms with Crippen LogP contribution in [0.4, 0.5) is 0 Å². The number of hydrogen-bond donors (Lipinski definition) is 0. The molecule has 1 aromatic heterocycles. The maximum atomic E-state index is 4.67. The number of rotatable bonds is 3. The molecule has 0 amide bonds. The molecule has 0 radical (unpaired) electrons. The van der Waals surface area contributed by atoms with Crippen molar-refractivity contribution in [2.75, 3.05) is 0 Å². The second-order valence-corrected chi connectivity index (χ2v) is 4.77. The van der Waals surface area contributed by atoms with E-state index in [1.54, 1.807) is 0 Å². The molecule has 100 valence electrons. The fourth-order valence-electron chi connectivity index (χ4n) is 2.25. The molecule has 0 bridgehead atoms. The summed E-state index contributed by atoms with van der Waals surface area (Å²) in [5.41, 5.74) is 3.36. The second kappa shape index (κ2) is 5.29. The van der Waals surface area contributed by atoms with E-state index >= 15 is 0 Å². The van der Waals surface area contributed by atoms with E-state index in [9.17, 15) is 0 Å². The molecule has 0 aliphatic carbocycles. The topological polar surface area (TPSA) is 30.7 Å². The highest BCUT2D eigenvalue weighted by molar-refractivity contribution is 5.58. The summed E-state index contributed by atoms with van der Waals surface area (Å²) in [6.45, 7) is 4.17. The van der Waals surface area contributed by atoms with Crippen molar-refractivity contribution < 1.29 is 0 Å². The van der Waals surface area contributed by atoms with E-state index in [-0.39, 0.29) is 0 Å². The summed E-state index contributed by atoms with van der Waals surface area (Å²) in [7, 11) is 0. The molecule has 3 rings (SSSR count). The third kappa shape index (κ3) is 2.23. The Balaban J connectivity index is 2.21. The van der Waals surface area contributed by atoms with Crippen LogP contribution in [0.25, 0.3) is 17.1 Å². The van der Waals surface area contributed by atoms with Gasteiger partial charge in [-0.2, -0.15) is 5.10 Å². The predicted octanol–water partition coefficient (Wildman–Crippen LogP) is 3.81. The number of nitrogens with zero attached hydrogens (tertiary/aromatic N) is 3. The molecule has 0 saturated heterocycles. The van der Waals surface area contributed by atoms with Gasteiger partial charge >= 0.3 is 0 Å². The number of benzene rings is 2. The van der Waals surface area contributed by atoms with Crippen LogP contribution in [0.2, 0.25) is 0 Å². The lowest BCUT2D eigenvalue weighted by Gasteiger charge is -2.08. The molecule has 0 aliphatic heterocycles. The zero-order valence-corrected chi connectivity index (χ0v) is 11.7. The molecule has 0 N–H and O–H groups in total. The fourth-order valence-corrected chi connectivity index (χ4v) is 2.25. The largest absolute Gasteiger partial charge is 0.213 e. The SMILES string of the molecule is CCc1nc(-c2ccccc2)n(-c2ccccc2C)n1. The van der Waals surface area contributed by atoms with E-state index in [0.29, 0.717) is 0 Å². The Kier molecular flexibility index (Phi) is 3.33. The molecule has 1 heterocycles. The van der Waals surface area contributed by atoms with Gasteiger partial charge in [-0.1, -0.05) is 55.5 Å². The Morgan fingerprint density at radius 1 is 0.950 bits per heavy atom. The van der Waals surface area contributed by atoms with E-state index in [2.05, 4.69) is 48.2 Å². The first kappa shape index (κ1) is 12.6. The third-order valence-electron chi connectivity index (χ3n) is 3.34. The van der Waals surface area contributed by atoms with Crippen LogP contribution < -0.4 is 0 Å². The van der Waals surface area contributed by atoms with Crippen LogP contribution in [0.15, 0.2) is 54.6 Å². The van der Waals surface area contributed by atoms with Gasteiger partial charge in [-0.05, 0) is 18.6 Å². The third-order valence-corrected chi connectivity index (χ3v) is 3.34. The van der Waals surface area contributed by atoms with Gasteiger partial charge in [0.15, 0.2) is 11.6 Å². The Morgan fingerprint density at radius 2 is 1.65 bits per heavy atom. The minimum absolute atomic E-state index is 0.832. The molecule has 3 nitrogen and oxygen atoms in total. The van der Waals surface area contributed by atoms with Crippen molar-refractivity contribution in [1.82, 2.24) is 14.8 Å². The second-order valence-electron chi connectivity index (χ2n) is 4.77. The molecule has 0 atom stereocenters. The molecule has 3 heteroatoms. The summed E-state index contributed by atoms with van der Waals surface area (Å²) in [6.07, 6.45) is 0.832. The van der Waals surface area contributed by atoms with Crippen LogP contribution in [-0.2, 0) is 6.42 Å². The molecule has 20 heavy (non-hydrogen) atoms. The Morgan fingerprint density at radius 3 is 2.35 bits per heavy atom. The first-order chi connectivity index (χ1) is 9.79. The smallest absolute Gasteiger partial charge is 0.163 e. The zero-order valence-electron chi connectivity index (χ0n) is 11.7. The van der Waals surface area contributed by atoms with Crippen LogP contribution in [-0.4, -0.2) is 14.8 Å². The van der Waals surface area contributed by atoms with Crippen molar-refractivity contribution in [3.05, 3.63) is 66.0 Å². The van der Waals surface area contributed by atoms with Gasteiger partial charge in [0.25, 0.3) is 0 Å². The Bertz CT molecular complexity index is 714. The summed E-state index contributed by atoms with van der Waals surface area (Å²) >= 11 is 0. The van der Waals surface area contributed by atoms with E-state index in [1.165, 1.54) is 5.56 Å². The average Bonchev–Trinajstić information content (AvgIpc) is 2.93. The standard InChI is InChI=1S/C17H17N3/c1-3-16-18-17(14-10-5-4-6-11-14)20(19-16)15-12-8-7-9-13(15)2/h4-12H,3H2,1-2H3. The van der Waals surface area contributed by atoms with Gasteiger partial charge in [0.2, 0.25) is 0 Å². The molecule has 2 aromatic carbocycles. The van der Waals surface area contributed by atoms with Crippen molar-refractivity contribution in [1.29, 1.82) is 0 Å². The fraction of sp³-hybridized carbons (Fsp3) is 0.176. The number of hydrogen-bond acceptors (Lipinski definition) is 2. The van der Waals surface area contributed by atoms with Gasteiger partial charge in [-0.25, -0.2) is 9.67 Å². The van der Waals surface area contributed by atoms with Crippen molar-refractivity contribution in [2.45, 2.75) is 20.3 Å². The molecule has 0 spiro atoms. The molecular weight excluding hydrogens is 246 g/mol. The summed E-state index contributed by atoms with van der Waals surface area (Å²) in [4.78, 5) is 4.67. The Hall–Kier alpha value is -2.42. The maximum absolute atomic E-state index is 4.67. The molecule has 3 aromatic rings. The zero-order chi connectivity index (χ0) is 13.9. The lowest BCUT2D eigenvalue weighted by atomic mass is 10.2. The van der Waals surface area contributed by atoms with Gasteiger partial charge in [-0.3, -0.25) is 0 Å². The van der Waals surface area contributed by atoms with Crippen molar-refractivity contribution in [2.24, 2.45) is 0 Å². The van der Waals surface area contributed by atoms with E-state index in [0.717, 1.165) is 29.3 Å². The quantitative estimate of drug-likeness (QED) is 0.719. The predicted molar refractivity (Wildman–Crippen MR) is 80.9 cm³/mol. The van der Waals surface area contributed by atoms with E-state index < -0.39 is 0 Å². The van der Waals surface area contributed by atoms with Crippen molar-refractivity contribution in [3.63, 3.8) is 0 Å². The summed E-state index contributed by atoms with van der Waals surface area (Å²) < 4.78 is 1.95. The highest BCUT2D eigenvalue weighted by Crippen LogP contribution is 2.22. The van der Waals surface area contributed by atoms with E-state index in [4.69, 9.17) is 0 Å². The van der Waals surface area contributed by atoms with Gasteiger partial charge < -0.3 is 0 Å². The highest BCUT2D eigenvalue weighted by atomic mass is 15.4. The number of aryl methyl sites for hydroxylation is 2. The first-order valence-corrected chi connectivity index (χ1v) is 6.87. The Labute approximate surface area is 118 Å². The molecule has 0 saturated carbocycles. The van der Waals surface area contributed by atoms with E-state index in [1.807, 2.05) is 35.0 Å². The summed E-state index contributed by atoms with van der Waals surface area (Å²) in [5, 5.41) is 4.64. The lowest BCUT2D eigenvalue weighted by molar-refractivity contribution is 0.839. The summed E-state index contributed by atoms with van der Waals surface area (Å²) in [5.74, 6) is 1.77. The highest BCUT2D eigenvalue weighted by Gasteiger charge is 2.13. The van der Waals surface area contributed by atoms with Crippen LogP contribution >= 0.6 is 0 Å². The minimum atomic E-state index is 0.832. The maximum Gasteiger partial charge on any atom is 0.163 e. The van der Waals surface area contributed by atoms with Crippen LogP contribution in [0.1, 0.15) is 18.3 Å². The monoisotopic (exact) mass is 263 g/mol. The van der Waals surface area contributed by atoms with Crippen LogP contribution in [0.5, 0.6) is 0 Å². The minimum Gasteiger partial charge on any atom is -0.213 e. The van der Waals surface area contributed by atoms with Crippen LogP contribution in [0, 0.1) is 6.92 Å². The lowest BCUT2D eigenvalue weighted by Crippen LogP contribution is -2.01. The van der Waals surface area contributed by atoms with Crippen molar-refractivity contribution in [3.8, 4) is 17.1 Å². The van der Waals surface area contributed by atoms with Gasteiger partial charge in [0.05, 0.1) is 5.69 Å². The summed E-state index contributed by atoms with van der Waals surface area (Å²) in [6, 6.07) is 18.4. The van der Waals surface area contributed by atoms with Crippen LogP contribution in [0.3, 0.4) is 0 Å². The number of aromatic nitrogens is 3. The average molecular weight is 263 g/mol. The van der Waals surface area contributed by atoms with Gasteiger partial charge in [-0.15, -0.1) is 0 Å². The van der Waals surface area contributed by atoms with Gasteiger partial charge in [0.1, 0.15) is 0 Å². The molecule has 0 aliphatic rings. The first-order valence-electron chi connectivity index (χ1n) is 6.87. The molecule has 0 fully saturated rings. The van der Waals surface area contributed by atoms with Gasteiger partial charge in [0, 0.05) is 12.0 Å². The molecule has 0 unspecified atom stereocenters.